The van der Waals surface area contributed by atoms with Crippen LogP contribution in [0.1, 0.15) is 40.7 Å². The van der Waals surface area contributed by atoms with E-state index in [1.807, 2.05) is 19.9 Å². The Bertz CT molecular complexity index is 427. The van der Waals surface area contributed by atoms with Crippen molar-refractivity contribution in [2.45, 2.75) is 26.2 Å². The quantitative estimate of drug-likeness (QED) is 0.795. The fourth-order valence-corrected chi connectivity index (χ4v) is 1.76. The van der Waals surface area contributed by atoms with Gasteiger partial charge in [0.25, 0.3) is 0 Å². The number of benzene rings is 1. The first kappa shape index (κ1) is 12.2. The Morgan fingerprint density at radius 2 is 1.94 bits per heavy atom. The highest BCUT2D eigenvalue weighted by atomic mass is 16.1. The Kier molecular flexibility index (Phi) is 3.66. The summed E-state index contributed by atoms with van der Waals surface area (Å²) in [7, 11) is 0. The Labute approximate surface area is 94.6 Å². The molecule has 86 valence electrons. The predicted molar refractivity (Wildman–Crippen MR) is 61.9 cm³/mol. The van der Waals surface area contributed by atoms with Crippen LogP contribution in [0.15, 0.2) is 18.2 Å². The summed E-state index contributed by atoms with van der Waals surface area (Å²) in [6.07, 6.45) is 0.554. The van der Waals surface area contributed by atoms with Crippen molar-refractivity contribution < 1.29 is 9.59 Å². The Morgan fingerprint density at radius 3 is 2.38 bits per heavy atom. The summed E-state index contributed by atoms with van der Waals surface area (Å²) in [5.74, 6) is -1.42. The number of hydrogen-bond donors (Lipinski definition) is 2. The summed E-state index contributed by atoms with van der Waals surface area (Å²) in [5, 5.41) is 0. The lowest BCUT2D eigenvalue weighted by Gasteiger charge is -2.15. The van der Waals surface area contributed by atoms with Crippen molar-refractivity contribution in [3.8, 4) is 0 Å². The van der Waals surface area contributed by atoms with Crippen LogP contribution in [0.3, 0.4) is 0 Å². The van der Waals surface area contributed by atoms with E-state index >= 15 is 0 Å². The lowest BCUT2D eigenvalue weighted by Crippen LogP contribution is -2.24. The van der Waals surface area contributed by atoms with Gasteiger partial charge in [0.2, 0.25) is 11.8 Å². The van der Waals surface area contributed by atoms with Crippen molar-refractivity contribution in [2.24, 2.45) is 11.5 Å². The van der Waals surface area contributed by atoms with E-state index in [-0.39, 0.29) is 0 Å². The van der Waals surface area contributed by atoms with Crippen LogP contribution < -0.4 is 11.5 Å². The molecule has 4 N–H and O–H groups in total. The second kappa shape index (κ2) is 4.79. The molecule has 4 nitrogen and oxygen atoms in total. The second-order valence-corrected chi connectivity index (χ2v) is 3.82. The topological polar surface area (TPSA) is 86.2 Å². The zero-order valence-corrected chi connectivity index (χ0v) is 9.49. The monoisotopic (exact) mass is 220 g/mol. The number of aryl methyl sites for hydroxylation is 1. The molecule has 0 aliphatic carbocycles. The summed E-state index contributed by atoms with van der Waals surface area (Å²) in [4.78, 5) is 22.5. The average molecular weight is 220 g/mol. The number of rotatable bonds is 4. The second-order valence-electron chi connectivity index (χ2n) is 3.82. The maximum atomic E-state index is 11.3. The molecule has 0 heterocycles. The van der Waals surface area contributed by atoms with Gasteiger partial charge in [0.15, 0.2) is 0 Å². The van der Waals surface area contributed by atoms with Gasteiger partial charge in [-0.1, -0.05) is 24.6 Å². The van der Waals surface area contributed by atoms with E-state index < -0.39 is 17.7 Å². The van der Waals surface area contributed by atoms with Crippen molar-refractivity contribution in [3.63, 3.8) is 0 Å². The van der Waals surface area contributed by atoms with Gasteiger partial charge >= 0.3 is 0 Å². The summed E-state index contributed by atoms with van der Waals surface area (Å²) in [5.41, 5.74) is 12.5. The summed E-state index contributed by atoms with van der Waals surface area (Å²) in [6.45, 7) is 3.71. The molecule has 0 bridgehead atoms. The first-order valence-corrected chi connectivity index (χ1v) is 5.17. The Hall–Kier alpha value is -1.84. The molecule has 1 aromatic rings. The van der Waals surface area contributed by atoms with Crippen molar-refractivity contribution in [3.05, 3.63) is 34.9 Å². The van der Waals surface area contributed by atoms with Crippen LogP contribution in [0.2, 0.25) is 0 Å². The predicted octanol–water partition coefficient (Wildman–Crippen LogP) is 1.07. The van der Waals surface area contributed by atoms with Crippen molar-refractivity contribution in [1.29, 1.82) is 0 Å². The molecule has 1 rings (SSSR count). The molecule has 2 amide bonds. The highest BCUT2D eigenvalue weighted by Crippen LogP contribution is 2.23. The third-order valence-electron chi connectivity index (χ3n) is 2.60. The lowest BCUT2D eigenvalue weighted by molar-refractivity contribution is -0.119. The SMILES string of the molecule is CC[C@H](C(N)=O)c1ccc(C)cc1C(N)=O. The molecule has 0 aliphatic rings. The number of primary amides is 2. The molecule has 0 saturated carbocycles. The third kappa shape index (κ3) is 2.39. The van der Waals surface area contributed by atoms with Gasteiger partial charge in [-0.2, -0.15) is 0 Å². The highest BCUT2D eigenvalue weighted by Gasteiger charge is 2.20. The van der Waals surface area contributed by atoms with Gasteiger partial charge in [-0.05, 0) is 25.0 Å². The van der Waals surface area contributed by atoms with Crippen molar-refractivity contribution in [2.75, 3.05) is 0 Å². The normalized spacial score (nSPS) is 12.1. The standard InChI is InChI=1S/C12H16N2O2/c1-3-8(11(13)15)9-5-4-7(2)6-10(9)12(14)16/h4-6,8H,3H2,1-2H3,(H2,13,15)(H2,14,16)/t8-/m0/s1. The van der Waals surface area contributed by atoms with E-state index in [1.54, 1.807) is 12.1 Å². The van der Waals surface area contributed by atoms with Crippen LogP contribution in [-0.2, 0) is 4.79 Å². The average Bonchev–Trinajstić information content (AvgIpc) is 2.20. The van der Waals surface area contributed by atoms with E-state index in [4.69, 9.17) is 11.5 Å². The van der Waals surface area contributed by atoms with Crippen molar-refractivity contribution >= 4 is 11.8 Å². The smallest absolute Gasteiger partial charge is 0.249 e. The van der Waals surface area contributed by atoms with E-state index in [1.165, 1.54) is 0 Å². The highest BCUT2D eigenvalue weighted by molar-refractivity contribution is 5.97. The number of amides is 2. The molecule has 0 radical (unpaired) electrons. The number of carbonyl (C=O) groups excluding carboxylic acids is 2. The molecule has 0 saturated heterocycles. The maximum Gasteiger partial charge on any atom is 0.249 e. The summed E-state index contributed by atoms with van der Waals surface area (Å²) >= 11 is 0. The summed E-state index contributed by atoms with van der Waals surface area (Å²) < 4.78 is 0. The van der Waals surface area contributed by atoms with E-state index in [0.29, 0.717) is 17.5 Å². The van der Waals surface area contributed by atoms with Gasteiger partial charge in [-0.3, -0.25) is 9.59 Å². The zero-order chi connectivity index (χ0) is 12.3. The van der Waals surface area contributed by atoms with Crippen LogP contribution in [0, 0.1) is 6.92 Å². The molecule has 16 heavy (non-hydrogen) atoms. The van der Waals surface area contributed by atoms with Gasteiger partial charge in [0.1, 0.15) is 0 Å². The first-order valence-electron chi connectivity index (χ1n) is 5.17. The molecule has 0 aliphatic heterocycles. The minimum Gasteiger partial charge on any atom is -0.369 e. The Balaban J connectivity index is 3.31. The fraction of sp³-hybridized carbons (Fsp3) is 0.333. The molecular formula is C12H16N2O2. The van der Waals surface area contributed by atoms with Crippen LogP contribution in [0.25, 0.3) is 0 Å². The van der Waals surface area contributed by atoms with E-state index in [2.05, 4.69) is 0 Å². The number of carbonyl (C=O) groups is 2. The molecule has 4 heteroatoms. The van der Waals surface area contributed by atoms with Gasteiger partial charge < -0.3 is 11.5 Å². The van der Waals surface area contributed by atoms with Crippen LogP contribution in [0.5, 0.6) is 0 Å². The van der Waals surface area contributed by atoms with Gasteiger partial charge in [0.05, 0.1) is 5.92 Å². The zero-order valence-electron chi connectivity index (χ0n) is 9.49. The third-order valence-corrected chi connectivity index (χ3v) is 2.60. The summed E-state index contributed by atoms with van der Waals surface area (Å²) in [6, 6.07) is 5.27. The van der Waals surface area contributed by atoms with Gasteiger partial charge in [0, 0.05) is 5.56 Å². The lowest BCUT2D eigenvalue weighted by atomic mass is 9.90. The number of hydrogen-bond acceptors (Lipinski definition) is 2. The molecule has 1 aromatic carbocycles. The maximum absolute atomic E-state index is 11.3. The number of nitrogens with two attached hydrogens (primary N) is 2. The first-order chi connectivity index (χ1) is 7.47. The van der Waals surface area contributed by atoms with Gasteiger partial charge in [-0.15, -0.1) is 0 Å². The molecule has 0 unspecified atom stereocenters. The van der Waals surface area contributed by atoms with Crippen molar-refractivity contribution in [1.82, 2.24) is 0 Å². The fourth-order valence-electron chi connectivity index (χ4n) is 1.76. The largest absolute Gasteiger partial charge is 0.369 e. The van der Waals surface area contributed by atoms with Gasteiger partial charge in [-0.25, -0.2) is 0 Å². The minimum absolute atomic E-state index is 0.380. The molecule has 0 fully saturated rings. The minimum atomic E-state index is -0.529. The molecule has 0 aromatic heterocycles. The van der Waals surface area contributed by atoms with Crippen LogP contribution in [-0.4, -0.2) is 11.8 Å². The van der Waals surface area contributed by atoms with E-state index in [9.17, 15) is 9.59 Å². The van der Waals surface area contributed by atoms with Crippen LogP contribution in [0.4, 0.5) is 0 Å². The molecule has 0 spiro atoms. The van der Waals surface area contributed by atoms with Crippen LogP contribution >= 0.6 is 0 Å². The molecular weight excluding hydrogens is 204 g/mol. The molecule has 1 atom stereocenters. The Morgan fingerprint density at radius 1 is 1.31 bits per heavy atom. The van der Waals surface area contributed by atoms with E-state index in [0.717, 1.165) is 5.56 Å².